The van der Waals surface area contributed by atoms with E-state index in [1.807, 2.05) is 31.5 Å². The van der Waals surface area contributed by atoms with Gasteiger partial charge in [-0.1, -0.05) is 0 Å². The summed E-state index contributed by atoms with van der Waals surface area (Å²) in [7, 11) is 0. The molecule has 126 valence electrons. The number of ether oxygens (including phenoxy) is 1. The number of rotatable bonds is 5. The average molecular weight is 324 g/mol. The molecule has 2 aliphatic rings. The van der Waals surface area contributed by atoms with E-state index < -0.39 is 0 Å². The number of pyridine rings is 1. The van der Waals surface area contributed by atoms with Gasteiger partial charge < -0.3 is 9.64 Å². The summed E-state index contributed by atoms with van der Waals surface area (Å²) in [6.07, 6.45) is 10.3. The molecule has 0 unspecified atom stereocenters. The van der Waals surface area contributed by atoms with Gasteiger partial charge in [0.2, 0.25) is 0 Å². The number of aryl methyl sites for hydroxylation is 1. The van der Waals surface area contributed by atoms with Crippen molar-refractivity contribution < 1.29 is 4.74 Å². The van der Waals surface area contributed by atoms with Crippen LogP contribution in [0.15, 0.2) is 30.7 Å². The maximum atomic E-state index is 5.99. The average Bonchev–Trinajstić information content (AvgIpc) is 3.47. The molecular formula is C19H24N4O. The van der Waals surface area contributed by atoms with E-state index in [4.69, 9.17) is 9.72 Å². The summed E-state index contributed by atoms with van der Waals surface area (Å²) in [5.41, 5.74) is 1.10. The zero-order valence-corrected chi connectivity index (χ0v) is 14.2. The summed E-state index contributed by atoms with van der Waals surface area (Å²) in [4.78, 5) is 15.7. The molecule has 2 fully saturated rings. The number of piperidine rings is 1. The predicted octanol–water partition coefficient (Wildman–Crippen LogP) is 3.35. The first kappa shape index (κ1) is 15.4. The third-order valence-corrected chi connectivity index (χ3v) is 4.98. The molecule has 1 saturated heterocycles. The Morgan fingerprint density at radius 1 is 1.12 bits per heavy atom. The van der Waals surface area contributed by atoms with E-state index in [1.165, 1.54) is 12.8 Å². The predicted molar refractivity (Wildman–Crippen MR) is 93.4 cm³/mol. The Hall–Kier alpha value is -2.17. The van der Waals surface area contributed by atoms with Gasteiger partial charge in [-0.25, -0.2) is 9.97 Å². The molecule has 2 aromatic rings. The molecule has 0 aromatic carbocycles. The molecule has 4 rings (SSSR count). The molecule has 0 radical (unpaired) electrons. The zero-order valence-electron chi connectivity index (χ0n) is 14.2. The zero-order chi connectivity index (χ0) is 16.4. The van der Waals surface area contributed by atoms with Crippen LogP contribution < -0.4 is 9.64 Å². The summed E-state index contributed by atoms with van der Waals surface area (Å²) in [5, 5.41) is 0. The summed E-state index contributed by atoms with van der Waals surface area (Å²) < 4.78 is 5.99. The number of aromatic nitrogens is 3. The molecule has 0 bridgehead atoms. The molecule has 1 aliphatic carbocycles. The van der Waals surface area contributed by atoms with Gasteiger partial charge in [0.1, 0.15) is 17.4 Å². The smallest absolute Gasteiger partial charge is 0.133 e. The second-order valence-electron chi connectivity index (χ2n) is 6.93. The second kappa shape index (κ2) is 6.75. The number of anilines is 1. The Morgan fingerprint density at radius 2 is 1.96 bits per heavy atom. The Morgan fingerprint density at radius 3 is 2.71 bits per heavy atom. The van der Waals surface area contributed by atoms with Crippen molar-refractivity contribution in [3.63, 3.8) is 0 Å². The van der Waals surface area contributed by atoms with Crippen LogP contribution in [0.1, 0.15) is 43.0 Å². The van der Waals surface area contributed by atoms with Gasteiger partial charge in [0.15, 0.2) is 0 Å². The molecule has 0 atom stereocenters. The van der Waals surface area contributed by atoms with Crippen molar-refractivity contribution in [1.82, 2.24) is 15.0 Å². The van der Waals surface area contributed by atoms with E-state index in [9.17, 15) is 0 Å². The van der Waals surface area contributed by atoms with Crippen molar-refractivity contribution in [3.8, 4) is 5.75 Å². The lowest BCUT2D eigenvalue weighted by atomic mass is 9.98. The monoisotopic (exact) mass is 324 g/mol. The van der Waals surface area contributed by atoms with E-state index in [0.29, 0.717) is 11.8 Å². The lowest BCUT2D eigenvalue weighted by molar-refractivity contribution is 0.221. The van der Waals surface area contributed by atoms with Crippen LogP contribution in [0.3, 0.4) is 0 Å². The molecule has 0 spiro atoms. The van der Waals surface area contributed by atoms with Crippen LogP contribution in [0, 0.1) is 12.8 Å². The highest BCUT2D eigenvalue weighted by molar-refractivity contribution is 5.38. The summed E-state index contributed by atoms with van der Waals surface area (Å²) >= 11 is 0. The SMILES string of the molecule is Cc1cnccc1OCC1CCN(c2ccnc(C3CC3)n2)CC1. The first-order chi connectivity index (χ1) is 11.8. The van der Waals surface area contributed by atoms with Crippen LogP contribution in [0.2, 0.25) is 0 Å². The number of hydrogen-bond acceptors (Lipinski definition) is 5. The lowest BCUT2D eigenvalue weighted by Crippen LogP contribution is -2.36. The van der Waals surface area contributed by atoms with Crippen LogP contribution in [0.25, 0.3) is 0 Å². The fraction of sp³-hybridized carbons (Fsp3) is 0.526. The van der Waals surface area contributed by atoms with Crippen molar-refractivity contribution in [2.75, 3.05) is 24.6 Å². The fourth-order valence-electron chi connectivity index (χ4n) is 3.24. The van der Waals surface area contributed by atoms with Crippen LogP contribution in [0.5, 0.6) is 5.75 Å². The molecule has 1 saturated carbocycles. The van der Waals surface area contributed by atoms with Gasteiger partial charge in [0.25, 0.3) is 0 Å². The molecule has 5 nitrogen and oxygen atoms in total. The fourth-order valence-corrected chi connectivity index (χ4v) is 3.24. The molecule has 5 heteroatoms. The summed E-state index contributed by atoms with van der Waals surface area (Å²) in [5.74, 6) is 4.30. The van der Waals surface area contributed by atoms with E-state index in [2.05, 4.69) is 14.9 Å². The van der Waals surface area contributed by atoms with Gasteiger partial charge in [0, 0.05) is 43.2 Å². The Bertz CT molecular complexity index is 693. The van der Waals surface area contributed by atoms with Crippen molar-refractivity contribution in [2.45, 2.75) is 38.5 Å². The van der Waals surface area contributed by atoms with Crippen LogP contribution in [-0.4, -0.2) is 34.6 Å². The van der Waals surface area contributed by atoms with Crippen molar-refractivity contribution >= 4 is 5.82 Å². The molecule has 3 heterocycles. The molecule has 0 N–H and O–H groups in total. The number of nitrogens with zero attached hydrogens (tertiary/aromatic N) is 4. The van der Waals surface area contributed by atoms with Crippen molar-refractivity contribution in [2.24, 2.45) is 5.92 Å². The Labute approximate surface area is 143 Å². The highest BCUT2D eigenvalue weighted by Crippen LogP contribution is 2.38. The largest absolute Gasteiger partial charge is 0.493 e. The normalized spacial score (nSPS) is 18.6. The molecule has 2 aromatic heterocycles. The van der Waals surface area contributed by atoms with E-state index in [0.717, 1.165) is 55.5 Å². The Kier molecular flexibility index (Phi) is 4.32. The van der Waals surface area contributed by atoms with Gasteiger partial charge in [-0.2, -0.15) is 0 Å². The summed E-state index contributed by atoms with van der Waals surface area (Å²) in [6, 6.07) is 3.99. The van der Waals surface area contributed by atoms with Gasteiger partial charge in [-0.05, 0) is 50.7 Å². The maximum absolute atomic E-state index is 5.99. The second-order valence-corrected chi connectivity index (χ2v) is 6.93. The maximum Gasteiger partial charge on any atom is 0.133 e. The summed E-state index contributed by atoms with van der Waals surface area (Å²) in [6.45, 7) is 4.92. The van der Waals surface area contributed by atoms with E-state index in [-0.39, 0.29) is 0 Å². The standard InChI is InChI=1S/C19H24N4O/c1-14-12-20-8-4-17(14)24-13-15-6-10-23(11-7-15)18-5-9-21-19(22-18)16-2-3-16/h4-5,8-9,12,15-16H,2-3,6-7,10-11,13H2,1H3. The van der Waals surface area contributed by atoms with Gasteiger partial charge in [0.05, 0.1) is 6.61 Å². The van der Waals surface area contributed by atoms with Crippen molar-refractivity contribution in [3.05, 3.63) is 42.1 Å². The third-order valence-electron chi connectivity index (χ3n) is 4.98. The quantitative estimate of drug-likeness (QED) is 0.844. The minimum Gasteiger partial charge on any atom is -0.493 e. The van der Waals surface area contributed by atoms with Crippen molar-refractivity contribution in [1.29, 1.82) is 0 Å². The van der Waals surface area contributed by atoms with Crippen LogP contribution >= 0.6 is 0 Å². The molecular weight excluding hydrogens is 300 g/mol. The minimum absolute atomic E-state index is 0.610. The Balaban J connectivity index is 1.30. The highest BCUT2D eigenvalue weighted by atomic mass is 16.5. The molecule has 1 aliphatic heterocycles. The highest BCUT2D eigenvalue weighted by Gasteiger charge is 2.27. The van der Waals surface area contributed by atoms with Gasteiger partial charge >= 0.3 is 0 Å². The molecule has 24 heavy (non-hydrogen) atoms. The lowest BCUT2D eigenvalue weighted by Gasteiger charge is -2.32. The van der Waals surface area contributed by atoms with E-state index >= 15 is 0 Å². The first-order valence-electron chi connectivity index (χ1n) is 8.91. The van der Waals surface area contributed by atoms with Crippen LogP contribution in [0.4, 0.5) is 5.82 Å². The molecule has 0 amide bonds. The topological polar surface area (TPSA) is 51.1 Å². The number of hydrogen-bond donors (Lipinski definition) is 0. The van der Waals surface area contributed by atoms with Crippen LogP contribution in [-0.2, 0) is 0 Å². The van der Waals surface area contributed by atoms with Gasteiger partial charge in [-0.15, -0.1) is 0 Å². The third kappa shape index (κ3) is 3.50. The minimum atomic E-state index is 0.610. The first-order valence-corrected chi connectivity index (χ1v) is 8.91. The van der Waals surface area contributed by atoms with Gasteiger partial charge in [-0.3, -0.25) is 4.98 Å². The van der Waals surface area contributed by atoms with E-state index in [1.54, 1.807) is 6.20 Å².